The molecule has 0 fully saturated rings. The molecule has 0 atom stereocenters. The second-order valence-electron chi connectivity index (χ2n) is 11.8. The summed E-state index contributed by atoms with van der Waals surface area (Å²) in [6, 6.07) is 4.74. The highest BCUT2D eigenvalue weighted by Crippen LogP contribution is 2.37. The highest BCUT2D eigenvalue weighted by Gasteiger charge is 2.39. The fraction of sp³-hybridized carbons (Fsp3) is 0.452. The summed E-state index contributed by atoms with van der Waals surface area (Å²) < 4.78 is 14.9. The number of aliphatic carboxylic acids is 1. The van der Waals surface area contributed by atoms with E-state index < -0.39 is 32.4 Å². The monoisotopic (exact) mass is 791 g/mol. The number of aromatic nitrogens is 3. The number of imide groups is 1. The Morgan fingerprint density at radius 3 is 2.12 bits per heavy atom. The van der Waals surface area contributed by atoms with Gasteiger partial charge in [-0.25, -0.2) is 9.69 Å². The summed E-state index contributed by atoms with van der Waals surface area (Å²) in [5.74, 6) is -1.39. The van der Waals surface area contributed by atoms with Crippen molar-refractivity contribution < 1.29 is 43.4 Å². The minimum absolute atomic E-state index is 0.103. The molecule has 0 bridgehead atoms. The Labute approximate surface area is 310 Å². The maximum atomic E-state index is 12.7. The van der Waals surface area contributed by atoms with E-state index in [2.05, 4.69) is 30.9 Å². The lowest BCUT2D eigenvalue weighted by molar-refractivity contribution is -0.138. The molecule has 4 rings (SSSR count). The molecule has 1 aliphatic heterocycles. The molecular formula is C31H41Cl3N7O9P. The topological polar surface area (TPSA) is 233 Å². The highest BCUT2D eigenvalue weighted by molar-refractivity contribution is 7.51. The van der Waals surface area contributed by atoms with Crippen molar-refractivity contribution in [3.63, 3.8) is 0 Å². The lowest BCUT2D eigenvalue weighted by atomic mass is 9.93. The number of nitrogens with one attached hydrogen (secondary N) is 3. The van der Waals surface area contributed by atoms with Crippen molar-refractivity contribution >= 4 is 89.8 Å². The van der Waals surface area contributed by atoms with Gasteiger partial charge in [-0.15, -0.1) is 0 Å². The van der Waals surface area contributed by atoms with E-state index in [4.69, 9.17) is 54.4 Å². The van der Waals surface area contributed by atoms with Gasteiger partial charge >= 0.3 is 19.5 Å². The average Bonchev–Trinajstić information content (AvgIpc) is 3.26. The smallest absolute Gasteiger partial charge is 0.349 e. The SMILES string of the molecule is CCNc1nc(Cl)nc(NC(C)(C)C)n1.CCOC(=O)/C(Cl)=C/c1cc(N2C(=O)C3=C(CCCC3)C2=O)ccc1Cl.O=C(O)CNCP(=O)(O)O. The molecule has 6 N–H and O–H groups in total. The zero-order valence-electron chi connectivity index (χ0n) is 28.6. The van der Waals surface area contributed by atoms with Crippen LogP contribution in [0.4, 0.5) is 17.6 Å². The minimum Gasteiger partial charge on any atom is -0.480 e. The molecule has 1 aromatic heterocycles. The number of hydrogen-bond acceptors (Lipinski definition) is 12. The molecule has 51 heavy (non-hydrogen) atoms. The standard InChI is InChI=1S/C19H17Cl2NO4.C9H16ClN5.C3H8NO5P/c1-2-26-19(25)16(21)10-11-9-12(7-8-15(11)20)22-17(23)13-5-3-4-6-14(13)18(22)24;1-5-11-7-12-6(10)13-8(14-7)15-9(2,3)4;5-3(6)1-4-2-10(7,8)9/h7-10H,2-6H2,1H3;5H2,1-4H3,(H2,11,12,13,14,15);4H,1-2H2,(H,5,6)(H2,7,8,9)/b16-10-;;. The predicted octanol–water partition coefficient (Wildman–Crippen LogP) is 5.19. The third-order valence-corrected chi connectivity index (χ3v) is 7.82. The van der Waals surface area contributed by atoms with Crippen molar-refractivity contribution in [2.45, 2.75) is 65.8 Å². The van der Waals surface area contributed by atoms with Crippen LogP contribution >= 0.6 is 42.4 Å². The van der Waals surface area contributed by atoms with Gasteiger partial charge in [-0.1, -0.05) is 23.2 Å². The van der Waals surface area contributed by atoms with E-state index in [-0.39, 0.29) is 34.3 Å². The van der Waals surface area contributed by atoms with Crippen LogP contribution in [0.5, 0.6) is 0 Å². The van der Waals surface area contributed by atoms with Gasteiger partial charge in [-0.2, -0.15) is 15.0 Å². The molecule has 1 aliphatic carbocycles. The van der Waals surface area contributed by atoms with E-state index in [9.17, 15) is 23.7 Å². The molecular weight excluding hydrogens is 752 g/mol. The summed E-state index contributed by atoms with van der Waals surface area (Å²) in [5, 5.41) is 16.6. The molecule has 280 valence electrons. The van der Waals surface area contributed by atoms with Crippen molar-refractivity contribution in [3.05, 3.63) is 50.2 Å². The molecule has 2 amide bonds. The number of amides is 2. The molecule has 0 unspecified atom stereocenters. The van der Waals surface area contributed by atoms with Crippen molar-refractivity contribution in [1.82, 2.24) is 20.3 Å². The molecule has 2 heterocycles. The first-order valence-corrected chi connectivity index (χ1v) is 18.5. The second kappa shape index (κ2) is 19.8. The maximum Gasteiger partial charge on any atom is 0.349 e. The first-order valence-electron chi connectivity index (χ1n) is 15.6. The molecule has 1 aromatic carbocycles. The summed E-state index contributed by atoms with van der Waals surface area (Å²) in [6.07, 6.45) is 3.85. The number of hydrogen-bond donors (Lipinski definition) is 6. The van der Waals surface area contributed by atoms with Gasteiger partial charge in [0.2, 0.25) is 17.2 Å². The van der Waals surface area contributed by atoms with Crippen LogP contribution in [0, 0.1) is 0 Å². The Morgan fingerprint density at radius 1 is 1.02 bits per heavy atom. The van der Waals surface area contributed by atoms with Crippen LogP contribution in [-0.2, 0) is 28.5 Å². The number of benzene rings is 1. The fourth-order valence-corrected chi connectivity index (χ4v) is 5.34. The molecule has 16 nitrogen and oxygen atoms in total. The first kappa shape index (κ1) is 43.5. The number of carboxylic acids is 1. The minimum atomic E-state index is -4.10. The van der Waals surface area contributed by atoms with E-state index in [0.717, 1.165) is 19.4 Å². The Hall–Kier alpha value is -3.63. The number of anilines is 3. The van der Waals surface area contributed by atoms with E-state index >= 15 is 0 Å². The zero-order chi connectivity index (χ0) is 38.5. The molecule has 2 aromatic rings. The predicted molar refractivity (Wildman–Crippen MR) is 195 cm³/mol. The first-order chi connectivity index (χ1) is 23.8. The van der Waals surface area contributed by atoms with Gasteiger partial charge in [0.15, 0.2) is 0 Å². The number of carbonyl (C=O) groups is 4. The van der Waals surface area contributed by atoms with Crippen LogP contribution in [0.3, 0.4) is 0 Å². The van der Waals surface area contributed by atoms with Crippen molar-refractivity contribution in [2.75, 3.05) is 41.5 Å². The summed E-state index contributed by atoms with van der Waals surface area (Å²) in [7, 11) is -4.10. The van der Waals surface area contributed by atoms with Crippen LogP contribution in [0.1, 0.15) is 65.9 Å². The Balaban J connectivity index is 0.000000304. The molecule has 20 heteroatoms. The van der Waals surface area contributed by atoms with Gasteiger partial charge in [0.25, 0.3) is 11.8 Å². The lowest BCUT2D eigenvalue weighted by Gasteiger charge is -2.20. The molecule has 0 saturated carbocycles. The third-order valence-electron chi connectivity index (χ3n) is 6.40. The van der Waals surface area contributed by atoms with Gasteiger partial charge in [0.05, 0.1) is 25.1 Å². The van der Waals surface area contributed by atoms with Gasteiger partial charge < -0.3 is 30.3 Å². The average molecular weight is 793 g/mol. The van der Waals surface area contributed by atoms with E-state index in [0.29, 0.717) is 52.2 Å². The van der Waals surface area contributed by atoms with Gasteiger partial charge in [-0.3, -0.25) is 24.3 Å². The van der Waals surface area contributed by atoms with Gasteiger partial charge in [-0.05, 0) is 102 Å². The molecule has 0 saturated heterocycles. The highest BCUT2D eigenvalue weighted by atomic mass is 35.5. The second-order valence-corrected chi connectivity index (χ2v) is 14.6. The summed E-state index contributed by atoms with van der Waals surface area (Å²) >= 11 is 17.9. The van der Waals surface area contributed by atoms with Crippen LogP contribution in [0.15, 0.2) is 34.4 Å². The normalized spacial score (nSPS) is 14.5. The third kappa shape index (κ3) is 14.9. The molecule has 2 aliphatic rings. The van der Waals surface area contributed by atoms with E-state index in [1.165, 1.54) is 11.0 Å². The van der Waals surface area contributed by atoms with Gasteiger partial charge in [0, 0.05) is 28.3 Å². The number of rotatable bonds is 11. The van der Waals surface area contributed by atoms with Gasteiger partial charge in [0.1, 0.15) is 5.03 Å². The quantitative estimate of drug-likeness (QED) is 0.0744. The summed E-state index contributed by atoms with van der Waals surface area (Å²) in [4.78, 5) is 76.4. The summed E-state index contributed by atoms with van der Waals surface area (Å²) in [6.45, 7) is 10.2. The number of halogens is 3. The number of ether oxygens (including phenoxy) is 1. The van der Waals surface area contributed by atoms with Crippen molar-refractivity contribution in [1.29, 1.82) is 0 Å². The largest absolute Gasteiger partial charge is 0.480 e. The van der Waals surface area contributed by atoms with E-state index in [1.54, 1.807) is 25.1 Å². The van der Waals surface area contributed by atoms with Crippen LogP contribution < -0.4 is 20.9 Å². The van der Waals surface area contributed by atoms with Crippen molar-refractivity contribution in [3.8, 4) is 0 Å². The Morgan fingerprint density at radius 2 is 1.61 bits per heavy atom. The lowest BCUT2D eigenvalue weighted by Crippen LogP contribution is -2.31. The number of esters is 1. The zero-order valence-corrected chi connectivity index (χ0v) is 31.8. The maximum absolute atomic E-state index is 12.7. The van der Waals surface area contributed by atoms with E-state index in [1.807, 2.05) is 27.7 Å². The van der Waals surface area contributed by atoms with Crippen LogP contribution in [0.2, 0.25) is 10.3 Å². The van der Waals surface area contributed by atoms with Crippen LogP contribution in [0.25, 0.3) is 6.08 Å². The Bertz CT molecular complexity index is 1680. The molecule has 0 spiro atoms. The molecule has 0 radical (unpaired) electrons. The summed E-state index contributed by atoms with van der Waals surface area (Å²) in [5.41, 5.74) is 1.94. The number of carboxylic acid groups (broad SMARTS) is 1. The Kier molecular flexibility index (Phi) is 16.9. The number of carbonyl (C=O) groups excluding carboxylic acids is 3. The van der Waals surface area contributed by atoms with Crippen LogP contribution in [-0.4, -0.2) is 85.1 Å². The number of nitrogens with zero attached hydrogens (tertiary/aromatic N) is 4. The van der Waals surface area contributed by atoms with Crippen molar-refractivity contribution in [2.24, 2.45) is 0 Å². The fourth-order valence-electron chi connectivity index (χ4n) is 4.44.